The molecule has 0 aliphatic heterocycles. The predicted molar refractivity (Wildman–Crippen MR) is 76.0 cm³/mol. The summed E-state index contributed by atoms with van der Waals surface area (Å²) in [6.45, 7) is 1.85. The number of nitrogens with zero attached hydrogens (tertiary/aromatic N) is 3. The van der Waals surface area contributed by atoms with Crippen molar-refractivity contribution in [2.24, 2.45) is 0 Å². The van der Waals surface area contributed by atoms with Gasteiger partial charge in [0.2, 0.25) is 0 Å². The van der Waals surface area contributed by atoms with Gasteiger partial charge >= 0.3 is 0 Å². The number of halogens is 1. The first-order valence-corrected chi connectivity index (χ1v) is 6.91. The van der Waals surface area contributed by atoms with Crippen molar-refractivity contribution in [3.63, 3.8) is 0 Å². The summed E-state index contributed by atoms with van der Waals surface area (Å²) in [6, 6.07) is 5.39. The molecular weight excluding hydrogens is 277 g/mol. The number of nitrogens with one attached hydrogen (secondary N) is 1. The highest BCUT2D eigenvalue weighted by Gasteiger charge is 2.13. The van der Waals surface area contributed by atoms with Crippen LogP contribution in [0.3, 0.4) is 0 Å². The van der Waals surface area contributed by atoms with Crippen LogP contribution in [0.1, 0.15) is 12.6 Å². The lowest BCUT2D eigenvalue weighted by Crippen LogP contribution is -1.97. The number of benzene rings is 1. The fraction of sp³-hybridized carbons (Fsp3) is 0.154. The molecule has 0 atom stereocenters. The van der Waals surface area contributed by atoms with Gasteiger partial charge in [-0.2, -0.15) is 0 Å². The largest absolute Gasteiger partial charge is 0.399 e. The van der Waals surface area contributed by atoms with Gasteiger partial charge in [-0.15, -0.1) is 0 Å². The molecule has 0 amide bonds. The minimum absolute atomic E-state index is 0.267. The molecule has 0 fully saturated rings. The molecule has 2 aromatic heterocycles. The number of aromatic amines is 1. The number of nitrogen functional groups attached to an aromatic ring is 1. The minimum atomic E-state index is -0.389. The summed E-state index contributed by atoms with van der Waals surface area (Å²) < 4.78 is 14.1. The third kappa shape index (κ3) is 2.32. The molecule has 3 N–H and O–H groups in total. The molecular formula is C13H12FN5S. The van der Waals surface area contributed by atoms with E-state index >= 15 is 0 Å². The van der Waals surface area contributed by atoms with Crippen LogP contribution in [0.2, 0.25) is 0 Å². The first-order valence-electron chi connectivity index (χ1n) is 6.10. The molecule has 20 heavy (non-hydrogen) atoms. The molecule has 0 saturated carbocycles. The van der Waals surface area contributed by atoms with E-state index in [0.717, 1.165) is 22.8 Å². The number of hydrogen-bond donors (Lipinski definition) is 2. The standard InChI is InChI=1S/C13H12FN5S/c1-2-8-11(14)12(17-6-16-8)20-13-18-9-4-3-7(15)5-10(9)19-13/h3-6H,2,15H2,1H3,(H,18,19). The smallest absolute Gasteiger partial charge is 0.177 e. The number of hydrogen-bond acceptors (Lipinski definition) is 5. The van der Waals surface area contributed by atoms with Gasteiger partial charge in [0.05, 0.1) is 16.7 Å². The zero-order valence-corrected chi connectivity index (χ0v) is 11.5. The van der Waals surface area contributed by atoms with Gasteiger partial charge < -0.3 is 10.7 Å². The maximum atomic E-state index is 14.1. The fourth-order valence-electron chi connectivity index (χ4n) is 1.85. The van der Waals surface area contributed by atoms with E-state index in [1.165, 1.54) is 6.33 Å². The van der Waals surface area contributed by atoms with Crippen LogP contribution in [0.15, 0.2) is 34.7 Å². The third-order valence-electron chi connectivity index (χ3n) is 2.84. The predicted octanol–water partition coefficient (Wildman–Crippen LogP) is 2.79. The normalized spacial score (nSPS) is 11.1. The average Bonchev–Trinajstić information content (AvgIpc) is 2.82. The highest BCUT2D eigenvalue weighted by atomic mass is 32.2. The summed E-state index contributed by atoms with van der Waals surface area (Å²) in [7, 11) is 0. The Morgan fingerprint density at radius 2 is 2.20 bits per heavy atom. The van der Waals surface area contributed by atoms with Crippen LogP contribution in [0.5, 0.6) is 0 Å². The Bertz CT molecular complexity index is 771. The van der Waals surface area contributed by atoms with E-state index in [1.54, 1.807) is 12.1 Å². The number of nitrogens with two attached hydrogens (primary N) is 1. The zero-order valence-electron chi connectivity index (χ0n) is 10.7. The summed E-state index contributed by atoms with van der Waals surface area (Å²) in [5.41, 5.74) is 8.37. The summed E-state index contributed by atoms with van der Waals surface area (Å²) in [5, 5.41) is 0.842. The maximum absolute atomic E-state index is 14.1. The molecule has 1 aromatic carbocycles. The number of aryl methyl sites for hydroxylation is 1. The van der Waals surface area contributed by atoms with Gasteiger partial charge in [0.25, 0.3) is 0 Å². The van der Waals surface area contributed by atoms with Crippen molar-refractivity contribution in [2.75, 3.05) is 5.73 Å². The van der Waals surface area contributed by atoms with E-state index in [1.807, 2.05) is 13.0 Å². The second-order valence-electron chi connectivity index (χ2n) is 4.21. The lowest BCUT2D eigenvalue weighted by atomic mass is 10.3. The van der Waals surface area contributed by atoms with Gasteiger partial charge in [-0.1, -0.05) is 6.92 Å². The molecule has 102 valence electrons. The average molecular weight is 289 g/mol. The van der Waals surface area contributed by atoms with Crippen LogP contribution in [0.4, 0.5) is 10.1 Å². The SMILES string of the molecule is CCc1ncnc(Sc2nc3ccc(N)cc3[nH]2)c1F. The Labute approximate surface area is 118 Å². The van der Waals surface area contributed by atoms with Crippen molar-refractivity contribution in [1.82, 2.24) is 19.9 Å². The van der Waals surface area contributed by atoms with Gasteiger partial charge in [0.15, 0.2) is 11.0 Å². The molecule has 0 saturated heterocycles. The Kier molecular flexibility index (Phi) is 3.27. The molecule has 3 rings (SSSR count). The fourth-order valence-corrected chi connectivity index (χ4v) is 2.64. The van der Waals surface area contributed by atoms with E-state index in [0.29, 0.717) is 23.0 Å². The third-order valence-corrected chi connectivity index (χ3v) is 3.71. The molecule has 0 radical (unpaired) electrons. The monoisotopic (exact) mass is 289 g/mol. The van der Waals surface area contributed by atoms with Crippen molar-refractivity contribution in [2.45, 2.75) is 23.5 Å². The molecule has 0 bridgehead atoms. The molecule has 0 aliphatic rings. The van der Waals surface area contributed by atoms with Crippen LogP contribution in [0.25, 0.3) is 11.0 Å². The zero-order chi connectivity index (χ0) is 14.1. The first kappa shape index (κ1) is 12.9. The van der Waals surface area contributed by atoms with Crippen LogP contribution in [-0.2, 0) is 6.42 Å². The van der Waals surface area contributed by atoms with Crippen molar-refractivity contribution in [3.05, 3.63) is 36.0 Å². The summed E-state index contributed by atoms with van der Waals surface area (Å²) in [4.78, 5) is 15.3. The Hall–Kier alpha value is -2.15. The number of H-pyrrole nitrogens is 1. The second-order valence-corrected chi connectivity index (χ2v) is 5.19. The molecule has 7 heteroatoms. The van der Waals surface area contributed by atoms with Crippen molar-refractivity contribution >= 4 is 28.5 Å². The molecule has 0 spiro atoms. The van der Waals surface area contributed by atoms with Crippen LogP contribution < -0.4 is 5.73 Å². The Morgan fingerprint density at radius 3 is 3.00 bits per heavy atom. The topological polar surface area (TPSA) is 80.5 Å². The van der Waals surface area contributed by atoms with E-state index < -0.39 is 0 Å². The lowest BCUT2D eigenvalue weighted by Gasteiger charge is -2.02. The van der Waals surface area contributed by atoms with Crippen LogP contribution in [0, 0.1) is 5.82 Å². The Balaban J connectivity index is 1.97. The minimum Gasteiger partial charge on any atom is -0.399 e. The van der Waals surface area contributed by atoms with Crippen LogP contribution in [-0.4, -0.2) is 19.9 Å². The molecule has 0 unspecified atom stereocenters. The van der Waals surface area contributed by atoms with Crippen LogP contribution >= 0.6 is 11.8 Å². The molecule has 2 heterocycles. The summed E-state index contributed by atoms with van der Waals surface area (Å²) in [5.74, 6) is -0.389. The van der Waals surface area contributed by atoms with E-state index in [-0.39, 0.29) is 10.8 Å². The van der Waals surface area contributed by atoms with Crippen molar-refractivity contribution in [1.29, 1.82) is 0 Å². The van der Waals surface area contributed by atoms with E-state index in [9.17, 15) is 4.39 Å². The van der Waals surface area contributed by atoms with Crippen molar-refractivity contribution < 1.29 is 4.39 Å². The first-order chi connectivity index (χ1) is 9.67. The number of rotatable bonds is 3. The molecule has 0 aliphatic carbocycles. The number of fused-ring (bicyclic) bond motifs is 1. The highest BCUT2D eigenvalue weighted by Crippen LogP contribution is 2.28. The number of aromatic nitrogens is 4. The van der Waals surface area contributed by atoms with E-state index in [2.05, 4.69) is 19.9 Å². The van der Waals surface area contributed by atoms with Gasteiger partial charge in [-0.05, 0) is 36.4 Å². The summed E-state index contributed by atoms with van der Waals surface area (Å²) >= 11 is 1.14. The summed E-state index contributed by atoms with van der Waals surface area (Å²) in [6.07, 6.45) is 1.89. The van der Waals surface area contributed by atoms with Crippen molar-refractivity contribution in [3.8, 4) is 0 Å². The maximum Gasteiger partial charge on any atom is 0.177 e. The second kappa shape index (κ2) is 5.09. The van der Waals surface area contributed by atoms with Gasteiger partial charge in [-0.3, -0.25) is 0 Å². The quantitative estimate of drug-likeness (QED) is 0.572. The number of imidazole rings is 1. The van der Waals surface area contributed by atoms with Gasteiger partial charge in [-0.25, -0.2) is 19.3 Å². The van der Waals surface area contributed by atoms with Gasteiger partial charge in [0, 0.05) is 5.69 Å². The Morgan fingerprint density at radius 1 is 1.35 bits per heavy atom. The lowest BCUT2D eigenvalue weighted by molar-refractivity contribution is 0.559. The molecule has 5 nitrogen and oxygen atoms in total. The molecule has 3 aromatic rings. The van der Waals surface area contributed by atoms with E-state index in [4.69, 9.17) is 5.73 Å². The number of anilines is 1. The highest BCUT2D eigenvalue weighted by molar-refractivity contribution is 7.99. The van der Waals surface area contributed by atoms with Gasteiger partial charge in [0.1, 0.15) is 11.4 Å².